The van der Waals surface area contributed by atoms with E-state index in [0.717, 1.165) is 99.8 Å². The molecule has 2 saturated heterocycles. The second-order valence-electron chi connectivity index (χ2n) is 11.2. The number of ether oxygens (including phenoxy) is 1. The molecule has 10 heteroatoms. The first-order valence-electron chi connectivity index (χ1n) is 14.3. The quantitative estimate of drug-likeness (QED) is 0.421. The molecule has 1 aliphatic carbocycles. The van der Waals surface area contributed by atoms with Crippen LogP contribution in [0.5, 0.6) is 0 Å². The fourth-order valence-electron chi connectivity index (χ4n) is 5.83. The Morgan fingerprint density at radius 3 is 2.62 bits per heavy atom. The summed E-state index contributed by atoms with van der Waals surface area (Å²) in [6, 6.07) is 10.5. The number of hydrogen-bond donors (Lipinski definition) is 3. The molecule has 3 N–H and O–H groups in total. The number of morpholine rings is 1. The van der Waals surface area contributed by atoms with Crippen LogP contribution in [0.1, 0.15) is 12.8 Å². The molecule has 10 nitrogen and oxygen atoms in total. The van der Waals surface area contributed by atoms with Gasteiger partial charge in [-0.2, -0.15) is 0 Å². The van der Waals surface area contributed by atoms with Crippen molar-refractivity contribution in [2.45, 2.75) is 18.5 Å². The van der Waals surface area contributed by atoms with E-state index in [0.29, 0.717) is 11.9 Å². The molecule has 0 radical (unpaired) electrons. The number of anilines is 2. The monoisotopic (exact) mass is 540 g/mol. The Morgan fingerprint density at radius 2 is 1.85 bits per heavy atom. The highest BCUT2D eigenvalue weighted by atomic mass is 16.5. The minimum atomic E-state index is -0.508. The Hall–Kier alpha value is -3.89. The molecule has 7 rings (SSSR count). The molecule has 4 aliphatic rings. The maximum absolute atomic E-state index is 12.5. The van der Waals surface area contributed by atoms with Gasteiger partial charge in [0.25, 0.3) is 0 Å². The zero-order valence-corrected chi connectivity index (χ0v) is 22.7. The largest absolute Gasteiger partial charge is 0.378 e. The van der Waals surface area contributed by atoms with Crippen LogP contribution in [0.15, 0.2) is 61.0 Å². The van der Waals surface area contributed by atoms with Crippen molar-refractivity contribution >= 4 is 28.7 Å². The highest BCUT2D eigenvalue weighted by Gasteiger charge is 2.36. The predicted octanol–water partition coefficient (Wildman–Crippen LogP) is 2.80. The van der Waals surface area contributed by atoms with E-state index in [1.54, 1.807) is 0 Å². The zero-order valence-electron chi connectivity index (χ0n) is 22.7. The fraction of sp³-hybridized carbons (Fsp3) is 0.433. The number of carbonyl (C=O) groups is 1. The number of H-pyrrole nitrogens is 1. The van der Waals surface area contributed by atoms with Crippen molar-refractivity contribution in [3.8, 4) is 11.1 Å². The lowest BCUT2D eigenvalue weighted by molar-refractivity contribution is -0.134. The van der Waals surface area contributed by atoms with E-state index in [-0.39, 0.29) is 5.92 Å². The van der Waals surface area contributed by atoms with Crippen LogP contribution >= 0.6 is 0 Å². The molecule has 0 spiro atoms. The number of hydrogen-bond acceptors (Lipinski definition) is 8. The van der Waals surface area contributed by atoms with E-state index < -0.39 is 5.66 Å². The Bertz CT molecular complexity index is 1430. The molecule has 40 heavy (non-hydrogen) atoms. The molecular weight excluding hydrogens is 504 g/mol. The number of piperazine rings is 1. The summed E-state index contributed by atoms with van der Waals surface area (Å²) >= 11 is 0. The lowest BCUT2D eigenvalue weighted by atomic mass is 10.1. The van der Waals surface area contributed by atoms with Gasteiger partial charge in [0, 0.05) is 57.9 Å². The first-order chi connectivity index (χ1) is 19.6. The molecule has 1 aromatic carbocycles. The van der Waals surface area contributed by atoms with Gasteiger partial charge in [-0.1, -0.05) is 12.1 Å². The van der Waals surface area contributed by atoms with Crippen LogP contribution in [0.3, 0.4) is 0 Å². The smallest absolute Gasteiger partial charge is 0.225 e. The van der Waals surface area contributed by atoms with E-state index in [1.807, 2.05) is 23.4 Å². The van der Waals surface area contributed by atoms with Crippen LogP contribution in [0, 0.1) is 5.92 Å². The minimum Gasteiger partial charge on any atom is -0.378 e. The molecule has 1 saturated carbocycles. The Kier molecular flexibility index (Phi) is 6.65. The molecule has 208 valence electrons. The van der Waals surface area contributed by atoms with Crippen LogP contribution in [0.4, 0.5) is 11.8 Å². The van der Waals surface area contributed by atoms with E-state index in [4.69, 9.17) is 9.72 Å². The van der Waals surface area contributed by atoms with Gasteiger partial charge in [0.15, 0.2) is 0 Å². The zero-order chi connectivity index (χ0) is 26.9. The van der Waals surface area contributed by atoms with E-state index in [1.165, 1.54) is 0 Å². The normalized spacial score (nSPS) is 23.4. The average molecular weight is 541 g/mol. The fourth-order valence-corrected chi connectivity index (χ4v) is 5.83. The number of fused-ring (bicyclic) bond motifs is 1. The summed E-state index contributed by atoms with van der Waals surface area (Å²) in [5.74, 6) is 2.32. The van der Waals surface area contributed by atoms with Crippen molar-refractivity contribution in [3.05, 3.63) is 61.0 Å². The number of dihydropyridines is 1. The van der Waals surface area contributed by atoms with Crippen molar-refractivity contribution in [2.24, 2.45) is 5.92 Å². The van der Waals surface area contributed by atoms with E-state index in [2.05, 4.69) is 72.9 Å². The second kappa shape index (κ2) is 10.6. The van der Waals surface area contributed by atoms with Gasteiger partial charge in [-0.05, 0) is 66.6 Å². The SMILES string of the molecule is O=C(C1CC1)N1CCN(CC2(Nc3nc4ccc(-c5ccnc(N6CCOCC6)c5)cc4[nH]3)C=CC=CN2)CC1. The summed E-state index contributed by atoms with van der Waals surface area (Å²) < 4.78 is 5.50. The third-order valence-electron chi connectivity index (χ3n) is 8.25. The molecule has 2 aromatic heterocycles. The van der Waals surface area contributed by atoms with Crippen LogP contribution in [0.2, 0.25) is 0 Å². The van der Waals surface area contributed by atoms with Gasteiger partial charge < -0.3 is 30.2 Å². The number of amides is 1. The number of rotatable bonds is 7. The summed E-state index contributed by atoms with van der Waals surface area (Å²) in [5.41, 5.74) is 3.62. The van der Waals surface area contributed by atoms with Crippen LogP contribution in [-0.2, 0) is 9.53 Å². The van der Waals surface area contributed by atoms with Crippen molar-refractivity contribution in [2.75, 3.05) is 69.2 Å². The summed E-state index contributed by atoms with van der Waals surface area (Å²) in [7, 11) is 0. The lowest BCUT2D eigenvalue weighted by Crippen LogP contribution is -2.60. The number of imidazole rings is 1. The third-order valence-corrected chi connectivity index (χ3v) is 8.25. The number of allylic oxidation sites excluding steroid dienone is 2. The highest BCUT2D eigenvalue weighted by Crippen LogP contribution is 2.32. The van der Waals surface area contributed by atoms with Crippen molar-refractivity contribution in [1.29, 1.82) is 0 Å². The maximum atomic E-state index is 12.5. The second-order valence-corrected chi connectivity index (χ2v) is 11.2. The van der Waals surface area contributed by atoms with Crippen LogP contribution in [-0.4, -0.2) is 95.3 Å². The number of nitrogens with zero attached hydrogens (tertiary/aromatic N) is 5. The van der Waals surface area contributed by atoms with Gasteiger partial charge in [0.2, 0.25) is 11.9 Å². The summed E-state index contributed by atoms with van der Waals surface area (Å²) in [6.07, 6.45) is 12.2. The summed E-state index contributed by atoms with van der Waals surface area (Å²) in [4.78, 5) is 32.2. The molecule has 3 aliphatic heterocycles. The summed E-state index contributed by atoms with van der Waals surface area (Å²) in [6.45, 7) is 7.26. The molecule has 3 aromatic rings. The lowest BCUT2D eigenvalue weighted by Gasteiger charge is -2.41. The number of nitrogens with one attached hydrogen (secondary N) is 3. The standard InChI is InChI=1S/C30H36N8O2/c39-28(22-3-4-22)38-13-11-36(12-14-38)21-30(8-1-2-9-32-30)35-29-33-25-6-5-23(19-26(25)34-29)24-7-10-31-27(20-24)37-15-17-40-18-16-37/h1-2,5-10,19-20,22,32H,3-4,11-18,21H2,(H2,33,34,35). The number of aromatic nitrogens is 3. The Labute approximate surface area is 234 Å². The van der Waals surface area contributed by atoms with E-state index in [9.17, 15) is 4.79 Å². The minimum absolute atomic E-state index is 0.284. The first-order valence-corrected chi connectivity index (χ1v) is 14.3. The first kappa shape index (κ1) is 25.1. The van der Waals surface area contributed by atoms with Gasteiger partial charge in [-0.15, -0.1) is 0 Å². The number of benzene rings is 1. The average Bonchev–Trinajstić information content (AvgIpc) is 3.78. The highest BCUT2D eigenvalue weighted by molar-refractivity contribution is 5.84. The topological polar surface area (TPSA) is 102 Å². The van der Waals surface area contributed by atoms with Gasteiger partial charge >= 0.3 is 0 Å². The third kappa shape index (κ3) is 5.29. The number of pyridine rings is 1. The van der Waals surface area contributed by atoms with Crippen molar-refractivity contribution in [3.63, 3.8) is 0 Å². The molecule has 0 bridgehead atoms. The van der Waals surface area contributed by atoms with Crippen LogP contribution < -0.4 is 15.5 Å². The molecule has 5 heterocycles. The number of carbonyl (C=O) groups excluding carboxylic acids is 1. The van der Waals surface area contributed by atoms with Crippen molar-refractivity contribution in [1.82, 2.24) is 30.1 Å². The predicted molar refractivity (Wildman–Crippen MR) is 156 cm³/mol. The van der Waals surface area contributed by atoms with Gasteiger partial charge in [0.1, 0.15) is 11.5 Å². The molecular formula is C30H36N8O2. The Balaban J connectivity index is 1.07. The van der Waals surface area contributed by atoms with Gasteiger partial charge in [0.05, 0.1) is 24.2 Å². The summed E-state index contributed by atoms with van der Waals surface area (Å²) in [5, 5.41) is 7.17. The van der Waals surface area contributed by atoms with Gasteiger partial charge in [-0.25, -0.2) is 9.97 Å². The molecule has 1 atom stereocenters. The molecule has 1 amide bonds. The number of aromatic amines is 1. The molecule has 3 fully saturated rings. The van der Waals surface area contributed by atoms with Gasteiger partial charge in [-0.3, -0.25) is 9.69 Å². The Morgan fingerprint density at radius 1 is 1.02 bits per heavy atom. The maximum Gasteiger partial charge on any atom is 0.225 e. The van der Waals surface area contributed by atoms with E-state index >= 15 is 0 Å². The van der Waals surface area contributed by atoms with Crippen LogP contribution in [0.25, 0.3) is 22.2 Å². The van der Waals surface area contributed by atoms with Crippen molar-refractivity contribution < 1.29 is 9.53 Å². The molecule has 1 unspecified atom stereocenters.